The number of carbonyl (C=O) groups excluding carboxylic acids is 1. The number of likely N-dealkylation sites (tertiary alicyclic amines) is 1. The first-order valence-electron chi connectivity index (χ1n) is 10.2. The summed E-state index contributed by atoms with van der Waals surface area (Å²) in [5.41, 5.74) is 6.19. The summed E-state index contributed by atoms with van der Waals surface area (Å²) in [4.78, 5) is 13.9. The predicted molar refractivity (Wildman–Crippen MR) is 115 cm³/mol. The largest absolute Gasteiger partial charge is 0.444 e. The van der Waals surface area contributed by atoms with Crippen molar-refractivity contribution >= 4 is 22.8 Å². The highest BCUT2D eigenvalue weighted by Crippen LogP contribution is 2.38. The Hall–Kier alpha value is -3.09. The van der Waals surface area contributed by atoms with Crippen LogP contribution in [0.15, 0.2) is 48.5 Å². The molecular formula is C23H27FN4O2. The van der Waals surface area contributed by atoms with Crippen LogP contribution in [0.1, 0.15) is 39.2 Å². The first kappa shape index (κ1) is 20.2. The zero-order valence-electron chi connectivity index (χ0n) is 17.6. The normalized spacial score (nSPS) is 16.6. The summed E-state index contributed by atoms with van der Waals surface area (Å²) in [7, 11) is 0. The molecule has 158 valence electrons. The van der Waals surface area contributed by atoms with Crippen LogP contribution in [0, 0.1) is 0 Å². The van der Waals surface area contributed by atoms with Crippen LogP contribution in [0.3, 0.4) is 0 Å². The van der Waals surface area contributed by atoms with E-state index < -0.39 is 17.4 Å². The summed E-state index contributed by atoms with van der Waals surface area (Å²) in [6.07, 6.45) is 0.0480. The minimum Gasteiger partial charge on any atom is -0.444 e. The maximum atomic E-state index is 15.9. The van der Waals surface area contributed by atoms with Crippen molar-refractivity contribution < 1.29 is 13.9 Å². The number of ether oxygens (including phenoxy) is 1. The van der Waals surface area contributed by atoms with Gasteiger partial charge in [0.1, 0.15) is 11.3 Å². The summed E-state index contributed by atoms with van der Waals surface area (Å²) in [6, 6.07) is 15.0. The van der Waals surface area contributed by atoms with Gasteiger partial charge in [-0.15, -0.1) is 5.10 Å². The van der Waals surface area contributed by atoms with E-state index in [0.29, 0.717) is 24.5 Å². The average molecular weight is 410 g/mol. The quantitative estimate of drug-likeness (QED) is 0.658. The molecule has 2 heterocycles. The molecule has 0 atom stereocenters. The van der Waals surface area contributed by atoms with Gasteiger partial charge in [0.2, 0.25) is 0 Å². The molecule has 1 aromatic heterocycles. The van der Waals surface area contributed by atoms with Gasteiger partial charge in [0.05, 0.1) is 11.2 Å². The number of para-hydroxylation sites is 1. The number of hydrogen-bond donors (Lipinski definition) is 1. The van der Waals surface area contributed by atoms with Gasteiger partial charge >= 0.3 is 6.09 Å². The second-order valence-corrected chi connectivity index (χ2v) is 8.80. The summed E-state index contributed by atoms with van der Waals surface area (Å²) < 4.78 is 23.0. The van der Waals surface area contributed by atoms with E-state index in [4.69, 9.17) is 10.5 Å². The minimum absolute atomic E-state index is 0.220. The van der Waals surface area contributed by atoms with E-state index in [1.54, 1.807) is 15.6 Å². The zero-order valence-corrected chi connectivity index (χ0v) is 17.6. The molecule has 0 bridgehead atoms. The lowest BCUT2D eigenvalue weighted by molar-refractivity contribution is 0.00220. The fourth-order valence-corrected chi connectivity index (χ4v) is 3.86. The molecule has 0 radical (unpaired) electrons. The Morgan fingerprint density at radius 3 is 2.53 bits per heavy atom. The van der Waals surface area contributed by atoms with Gasteiger partial charge in [0.15, 0.2) is 5.82 Å². The molecule has 0 saturated carbocycles. The molecule has 0 aliphatic carbocycles. The van der Waals surface area contributed by atoms with Gasteiger partial charge in [0, 0.05) is 31.3 Å². The maximum absolute atomic E-state index is 15.9. The fourth-order valence-electron chi connectivity index (χ4n) is 3.86. The average Bonchev–Trinajstić information content (AvgIpc) is 3.04. The molecular weight excluding hydrogens is 383 g/mol. The van der Waals surface area contributed by atoms with Gasteiger partial charge in [-0.2, -0.15) is 0 Å². The number of benzene rings is 2. The molecule has 0 unspecified atom stereocenters. The Morgan fingerprint density at radius 2 is 1.83 bits per heavy atom. The number of carbonyl (C=O) groups is 1. The third-order valence-corrected chi connectivity index (χ3v) is 5.43. The van der Waals surface area contributed by atoms with Gasteiger partial charge in [-0.05, 0) is 50.6 Å². The van der Waals surface area contributed by atoms with Crippen LogP contribution < -0.4 is 5.73 Å². The van der Waals surface area contributed by atoms with E-state index >= 15 is 4.39 Å². The highest BCUT2D eigenvalue weighted by atomic mass is 19.1. The molecule has 6 nitrogen and oxygen atoms in total. The summed E-state index contributed by atoms with van der Waals surface area (Å²) >= 11 is 0. The lowest BCUT2D eigenvalue weighted by atomic mass is 9.86. The van der Waals surface area contributed by atoms with Crippen LogP contribution in [0.25, 0.3) is 16.6 Å². The van der Waals surface area contributed by atoms with Crippen molar-refractivity contribution in [2.24, 2.45) is 0 Å². The lowest BCUT2D eigenvalue weighted by Gasteiger charge is -2.37. The zero-order chi connectivity index (χ0) is 21.5. The van der Waals surface area contributed by atoms with Gasteiger partial charge in [-0.25, -0.2) is 13.9 Å². The smallest absolute Gasteiger partial charge is 0.410 e. The molecule has 1 aliphatic heterocycles. The Labute approximate surface area is 175 Å². The van der Waals surface area contributed by atoms with E-state index in [2.05, 4.69) is 5.10 Å². The number of hydrogen-bond acceptors (Lipinski definition) is 4. The first-order chi connectivity index (χ1) is 14.2. The standard InChI is InChI=1S/C23H27FN4O2/c1-22(2,3)30-21(29)27-13-11-23(24,12-14-27)16-7-6-8-17(15-16)28-19-10-5-4-9-18(19)20(25)26-28/h4-10,15H,11-14H2,1-3H3,(H2,25,26). The van der Waals surface area contributed by atoms with Crippen LogP contribution >= 0.6 is 0 Å². The topological polar surface area (TPSA) is 73.4 Å². The highest BCUT2D eigenvalue weighted by Gasteiger charge is 2.38. The molecule has 3 aromatic rings. The Bertz CT molecular complexity index is 1080. The van der Waals surface area contributed by atoms with Crippen LogP contribution in [0.2, 0.25) is 0 Å². The number of nitrogens with zero attached hydrogens (tertiary/aromatic N) is 3. The number of halogens is 1. The Balaban J connectivity index is 1.56. The van der Waals surface area contributed by atoms with Crippen molar-refractivity contribution in [1.29, 1.82) is 0 Å². The van der Waals surface area contributed by atoms with Crippen molar-refractivity contribution in [2.45, 2.75) is 44.9 Å². The van der Waals surface area contributed by atoms with Crippen LogP contribution in [-0.4, -0.2) is 39.5 Å². The van der Waals surface area contributed by atoms with Crippen molar-refractivity contribution in [1.82, 2.24) is 14.7 Å². The van der Waals surface area contributed by atoms with E-state index in [0.717, 1.165) is 16.6 Å². The predicted octanol–water partition coefficient (Wildman–Crippen LogP) is 4.80. The van der Waals surface area contributed by atoms with E-state index in [1.165, 1.54) is 0 Å². The van der Waals surface area contributed by atoms with Gasteiger partial charge < -0.3 is 15.4 Å². The Kier molecular flexibility index (Phi) is 4.92. The van der Waals surface area contributed by atoms with Crippen molar-refractivity contribution in [2.75, 3.05) is 18.8 Å². The molecule has 1 aliphatic rings. The SMILES string of the molecule is CC(C)(C)OC(=O)N1CCC(F)(c2cccc(-n3nc(N)c4ccccc43)c2)CC1. The Morgan fingerprint density at radius 1 is 1.13 bits per heavy atom. The van der Waals surface area contributed by atoms with Gasteiger partial charge in [-0.3, -0.25) is 0 Å². The van der Waals surface area contributed by atoms with Crippen LogP contribution in [0.4, 0.5) is 15.0 Å². The third-order valence-electron chi connectivity index (χ3n) is 5.43. The molecule has 1 saturated heterocycles. The highest BCUT2D eigenvalue weighted by molar-refractivity contribution is 5.90. The number of amides is 1. The summed E-state index contributed by atoms with van der Waals surface area (Å²) in [5, 5.41) is 5.31. The number of aromatic nitrogens is 2. The molecule has 1 amide bonds. The third kappa shape index (κ3) is 3.84. The second-order valence-electron chi connectivity index (χ2n) is 8.80. The first-order valence-corrected chi connectivity index (χ1v) is 10.2. The van der Waals surface area contributed by atoms with Crippen LogP contribution in [-0.2, 0) is 10.4 Å². The van der Waals surface area contributed by atoms with E-state index in [-0.39, 0.29) is 12.8 Å². The molecule has 30 heavy (non-hydrogen) atoms. The van der Waals surface area contributed by atoms with Gasteiger partial charge in [0.25, 0.3) is 0 Å². The van der Waals surface area contributed by atoms with Crippen LogP contribution in [0.5, 0.6) is 0 Å². The second kappa shape index (κ2) is 7.31. The van der Waals surface area contributed by atoms with Crippen molar-refractivity contribution in [3.05, 3.63) is 54.1 Å². The maximum Gasteiger partial charge on any atom is 0.410 e. The van der Waals surface area contributed by atoms with Crippen molar-refractivity contribution in [3.63, 3.8) is 0 Å². The number of anilines is 1. The van der Waals surface area contributed by atoms with E-state index in [1.807, 2.05) is 63.2 Å². The molecule has 4 rings (SSSR count). The van der Waals surface area contributed by atoms with Crippen molar-refractivity contribution in [3.8, 4) is 5.69 Å². The van der Waals surface area contributed by atoms with Gasteiger partial charge in [-0.1, -0.05) is 24.3 Å². The monoisotopic (exact) mass is 410 g/mol. The van der Waals surface area contributed by atoms with E-state index in [9.17, 15) is 4.79 Å². The molecule has 0 spiro atoms. The molecule has 1 fully saturated rings. The number of nitrogen functional groups attached to an aromatic ring is 1. The lowest BCUT2D eigenvalue weighted by Crippen LogP contribution is -2.45. The number of nitrogens with two attached hydrogens (primary N) is 1. The molecule has 7 heteroatoms. The minimum atomic E-state index is -1.51. The fraction of sp³-hybridized carbons (Fsp3) is 0.391. The number of fused-ring (bicyclic) bond motifs is 1. The number of piperidine rings is 1. The summed E-state index contributed by atoms with van der Waals surface area (Å²) in [6.45, 7) is 6.10. The summed E-state index contributed by atoms with van der Waals surface area (Å²) in [5.74, 6) is 0.441. The molecule has 2 N–H and O–H groups in total. The molecule has 2 aromatic carbocycles. The number of alkyl halides is 1. The number of rotatable bonds is 2.